The number of nitrogens with two attached hydrogens (primary N) is 1. The van der Waals surface area contributed by atoms with Gasteiger partial charge in [-0.25, -0.2) is 0 Å². The molecule has 4 N–H and O–H groups in total. The molecule has 2 amide bonds. The maximum atomic E-state index is 11.9. The number of rotatable bonds is 8. The molecule has 1 aromatic rings. The lowest BCUT2D eigenvalue weighted by Crippen LogP contribution is -2.28. The zero-order valence-electron chi connectivity index (χ0n) is 12.9. The molecule has 0 radical (unpaired) electrons. The van der Waals surface area contributed by atoms with Crippen LogP contribution in [0.1, 0.15) is 30.1 Å². The van der Waals surface area contributed by atoms with Gasteiger partial charge in [-0.3, -0.25) is 9.59 Å². The molecule has 0 aromatic heterocycles. The highest BCUT2D eigenvalue weighted by atomic mass is 35.5. The Hall–Kier alpha value is -1.63. The number of hydrogen-bond acceptors (Lipinski definition) is 4. The minimum atomic E-state index is -0.305. The molecule has 0 heterocycles. The van der Waals surface area contributed by atoms with Crippen molar-refractivity contribution in [3.8, 4) is 0 Å². The third-order valence-corrected chi connectivity index (χ3v) is 2.95. The van der Waals surface area contributed by atoms with Crippen LogP contribution >= 0.6 is 12.4 Å². The fourth-order valence-corrected chi connectivity index (χ4v) is 1.76. The second kappa shape index (κ2) is 11.0. The van der Waals surface area contributed by atoms with E-state index in [0.29, 0.717) is 17.8 Å². The lowest BCUT2D eigenvalue weighted by molar-refractivity contribution is -0.118. The van der Waals surface area contributed by atoms with Crippen LogP contribution in [0.4, 0.5) is 5.69 Å². The number of anilines is 1. The first-order chi connectivity index (χ1) is 10.1. The van der Waals surface area contributed by atoms with Crippen LogP contribution in [0, 0.1) is 0 Å². The Kier molecular flexibility index (Phi) is 10.2. The molecule has 0 saturated heterocycles. The molecular formula is C15H24ClN3O3. The second-order valence-electron chi connectivity index (χ2n) is 4.68. The van der Waals surface area contributed by atoms with Gasteiger partial charge in [0.25, 0.3) is 5.91 Å². The maximum absolute atomic E-state index is 11.9. The summed E-state index contributed by atoms with van der Waals surface area (Å²) < 4.78 is 5.06. The molecule has 0 bridgehead atoms. The van der Waals surface area contributed by atoms with E-state index in [4.69, 9.17) is 10.5 Å². The van der Waals surface area contributed by atoms with E-state index in [1.165, 1.54) is 7.11 Å². The summed E-state index contributed by atoms with van der Waals surface area (Å²) in [5.41, 5.74) is 6.57. The quantitative estimate of drug-likeness (QED) is 0.674. The highest BCUT2D eigenvalue weighted by Crippen LogP contribution is 2.11. The molecule has 1 atom stereocenters. The Bertz CT molecular complexity index is 479. The third kappa shape index (κ3) is 6.89. The van der Waals surface area contributed by atoms with Crippen LogP contribution in [0.25, 0.3) is 0 Å². The summed E-state index contributed by atoms with van der Waals surface area (Å²) in [7, 11) is 1.52. The molecule has 0 aliphatic heterocycles. The molecule has 0 fully saturated rings. The van der Waals surface area contributed by atoms with Gasteiger partial charge in [0.05, 0.1) is 12.5 Å². The number of nitrogens with one attached hydrogen (secondary N) is 2. The zero-order chi connectivity index (χ0) is 15.7. The number of ether oxygens (including phenoxy) is 1. The van der Waals surface area contributed by atoms with Crippen molar-refractivity contribution in [3.63, 3.8) is 0 Å². The van der Waals surface area contributed by atoms with Crippen molar-refractivity contribution in [1.82, 2.24) is 5.32 Å². The number of halogens is 1. The van der Waals surface area contributed by atoms with Gasteiger partial charge in [0.1, 0.15) is 0 Å². The van der Waals surface area contributed by atoms with Gasteiger partial charge in [-0.2, -0.15) is 0 Å². The van der Waals surface area contributed by atoms with Gasteiger partial charge in [-0.05, 0) is 24.6 Å². The molecule has 0 aliphatic carbocycles. The summed E-state index contributed by atoms with van der Waals surface area (Å²) in [6, 6.07) is 6.82. The Balaban J connectivity index is 0.00000441. The van der Waals surface area contributed by atoms with Crippen molar-refractivity contribution in [1.29, 1.82) is 0 Å². The molecule has 1 unspecified atom stereocenters. The van der Waals surface area contributed by atoms with Crippen LogP contribution in [0.5, 0.6) is 0 Å². The molecular weight excluding hydrogens is 306 g/mol. The van der Waals surface area contributed by atoms with Crippen LogP contribution in [0.2, 0.25) is 0 Å². The summed E-state index contributed by atoms with van der Waals surface area (Å²) in [5, 5.41) is 5.53. The van der Waals surface area contributed by atoms with Crippen LogP contribution in [0.15, 0.2) is 24.3 Å². The molecule has 0 saturated carbocycles. The molecule has 124 valence electrons. The van der Waals surface area contributed by atoms with Gasteiger partial charge in [-0.15, -0.1) is 12.4 Å². The van der Waals surface area contributed by atoms with E-state index in [1.54, 1.807) is 24.3 Å². The van der Waals surface area contributed by atoms with Crippen molar-refractivity contribution in [3.05, 3.63) is 29.8 Å². The van der Waals surface area contributed by atoms with Crippen LogP contribution in [0.3, 0.4) is 0 Å². The number of carbonyl (C=O) groups excluding carboxylic acids is 2. The number of hydrogen-bond donors (Lipinski definition) is 3. The highest BCUT2D eigenvalue weighted by Gasteiger charge is 2.12. The van der Waals surface area contributed by atoms with Crippen LogP contribution < -0.4 is 16.4 Å². The number of benzene rings is 1. The summed E-state index contributed by atoms with van der Waals surface area (Å²) in [5.74, 6) is -0.344. The number of methoxy groups -OCH3 is 1. The number of carbonyl (C=O) groups is 2. The van der Waals surface area contributed by atoms with Crippen LogP contribution in [-0.4, -0.2) is 38.1 Å². The number of amides is 2. The average molecular weight is 330 g/mol. The van der Waals surface area contributed by atoms with Crippen molar-refractivity contribution >= 4 is 29.9 Å². The monoisotopic (exact) mass is 329 g/mol. The normalized spacial score (nSPS) is 11.2. The van der Waals surface area contributed by atoms with Crippen molar-refractivity contribution in [2.24, 2.45) is 5.73 Å². The first-order valence-electron chi connectivity index (χ1n) is 7.01. The summed E-state index contributed by atoms with van der Waals surface area (Å²) in [4.78, 5) is 23.7. The standard InChI is InChI=1S/C15H23N3O3.ClH/c1-3-7-17-15(20)11-5-4-6-12(8-11)18-14(19)9-13(10-16)21-2;/h4-6,8,13H,3,7,9-10,16H2,1-2H3,(H,17,20)(H,18,19);1H. The van der Waals surface area contributed by atoms with Crippen molar-refractivity contribution < 1.29 is 14.3 Å². The molecule has 22 heavy (non-hydrogen) atoms. The highest BCUT2D eigenvalue weighted by molar-refractivity contribution is 5.97. The van der Waals surface area contributed by atoms with Gasteiger partial charge in [0, 0.05) is 31.5 Å². The van der Waals surface area contributed by atoms with Gasteiger partial charge >= 0.3 is 0 Å². The van der Waals surface area contributed by atoms with E-state index < -0.39 is 0 Å². The van der Waals surface area contributed by atoms with Gasteiger partial charge in [-0.1, -0.05) is 13.0 Å². The second-order valence-corrected chi connectivity index (χ2v) is 4.68. The first-order valence-corrected chi connectivity index (χ1v) is 7.01. The van der Waals surface area contributed by atoms with E-state index >= 15 is 0 Å². The Morgan fingerprint density at radius 1 is 1.36 bits per heavy atom. The fraction of sp³-hybridized carbons (Fsp3) is 0.467. The fourth-order valence-electron chi connectivity index (χ4n) is 1.76. The molecule has 1 aromatic carbocycles. The predicted octanol–water partition coefficient (Wildman–Crippen LogP) is 1.55. The zero-order valence-corrected chi connectivity index (χ0v) is 13.7. The molecule has 0 aliphatic rings. The molecule has 7 heteroatoms. The summed E-state index contributed by atoms with van der Waals surface area (Å²) in [6.07, 6.45) is 0.750. The SMILES string of the molecule is CCCNC(=O)c1cccc(NC(=O)CC(CN)OC)c1.Cl. The largest absolute Gasteiger partial charge is 0.380 e. The molecule has 1 rings (SSSR count). The first kappa shape index (κ1) is 20.4. The van der Waals surface area contributed by atoms with Crippen molar-refractivity contribution in [2.75, 3.05) is 25.5 Å². The maximum Gasteiger partial charge on any atom is 0.251 e. The smallest absolute Gasteiger partial charge is 0.251 e. The summed E-state index contributed by atoms with van der Waals surface area (Å²) in [6.45, 7) is 2.89. The lowest BCUT2D eigenvalue weighted by atomic mass is 10.1. The Morgan fingerprint density at radius 3 is 2.68 bits per heavy atom. The van der Waals surface area contributed by atoms with Crippen molar-refractivity contribution in [2.45, 2.75) is 25.9 Å². The van der Waals surface area contributed by atoms with E-state index in [-0.39, 0.29) is 43.3 Å². The Labute approximate surface area is 137 Å². The molecule has 6 nitrogen and oxygen atoms in total. The average Bonchev–Trinajstić information content (AvgIpc) is 2.50. The van der Waals surface area contributed by atoms with Gasteiger partial charge in [0.2, 0.25) is 5.91 Å². The lowest BCUT2D eigenvalue weighted by Gasteiger charge is -2.13. The van der Waals surface area contributed by atoms with Gasteiger partial charge in [0.15, 0.2) is 0 Å². The van der Waals surface area contributed by atoms with E-state index in [0.717, 1.165) is 6.42 Å². The minimum Gasteiger partial charge on any atom is -0.380 e. The van der Waals surface area contributed by atoms with E-state index in [2.05, 4.69) is 10.6 Å². The van der Waals surface area contributed by atoms with E-state index in [9.17, 15) is 9.59 Å². The topological polar surface area (TPSA) is 93.5 Å². The minimum absolute atomic E-state index is 0. The summed E-state index contributed by atoms with van der Waals surface area (Å²) >= 11 is 0. The Morgan fingerprint density at radius 2 is 2.09 bits per heavy atom. The third-order valence-electron chi connectivity index (χ3n) is 2.95. The van der Waals surface area contributed by atoms with E-state index in [1.807, 2.05) is 6.92 Å². The van der Waals surface area contributed by atoms with Crippen LogP contribution in [-0.2, 0) is 9.53 Å². The molecule has 0 spiro atoms. The predicted molar refractivity (Wildman–Crippen MR) is 89.4 cm³/mol. The van der Waals surface area contributed by atoms with Gasteiger partial charge < -0.3 is 21.1 Å².